The van der Waals surface area contributed by atoms with Gasteiger partial charge in [0.05, 0.1) is 0 Å². The minimum Gasteiger partial charge on any atom is -0.325 e. The second-order valence-electron chi connectivity index (χ2n) is 8.43. The van der Waals surface area contributed by atoms with Crippen molar-refractivity contribution in [1.29, 1.82) is 0 Å². The van der Waals surface area contributed by atoms with E-state index < -0.39 is 0 Å². The highest BCUT2D eigenvalue weighted by Crippen LogP contribution is 2.18. The molecule has 8 nitrogen and oxygen atoms in total. The Morgan fingerprint density at radius 1 is 0.824 bits per heavy atom. The summed E-state index contributed by atoms with van der Waals surface area (Å²) in [5.74, 6) is 2.69. The van der Waals surface area contributed by atoms with Crippen LogP contribution < -0.4 is 10.6 Å². The van der Waals surface area contributed by atoms with Crippen molar-refractivity contribution < 1.29 is 0 Å². The first-order chi connectivity index (χ1) is 16.7. The van der Waals surface area contributed by atoms with Crippen LogP contribution in [0.5, 0.6) is 0 Å². The number of rotatable bonds is 7. The number of hydrogen-bond donors (Lipinski definition) is 2. The van der Waals surface area contributed by atoms with Crippen LogP contribution in [0.4, 0.5) is 11.6 Å². The molecule has 34 heavy (non-hydrogen) atoms. The summed E-state index contributed by atoms with van der Waals surface area (Å²) >= 11 is 0. The summed E-state index contributed by atoms with van der Waals surface area (Å²) in [4.78, 5) is 25.1. The minimum atomic E-state index is 0.573. The van der Waals surface area contributed by atoms with Crippen molar-refractivity contribution in [1.82, 2.24) is 35.1 Å². The van der Waals surface area contributed by atoms with Gasteiger partial charge in [0.1, 0.15) is 23.2 Å². The molecule has 0 radical (unpaired) electrons. The lowest BCUT2D eigenvalue weighted by Crippen LogP contribution is -2.42. The van der Waals surface area contributed by atoms with Gasteiger partial charge in [-0.1, -0.05) is 30.3 Å². The molecule has 3 aromatic heterocycles. The second-order valence-corrected chi connectivity index (χ2v) is 8.43. The maximum atomic E-state index is 4.68. The van der Waals surface area contributed by atoms with E-state index in [1.807, 2.05) is 37.3 Å². The van der Waals surface area contributed by atoms with Crippen molar-refractivity contribution in [3.63, 3.8) is 0 Å². The van der Waals surface area contributed by atoms with Crippen LogP contribution in [-0.4, -0.2) is 56.0 Å². The van der Waals surface area contributed by atoms with E-state index in [0.717, 1.165) is 49.9 Å². The van der Waals surface area contributed by atoms with Gasteiger partial charge < -0.3 is 10.6 Å². The van der Waals surface area contributed by atoms with Crippen molar-refractivity contribution in [3.05, 3.63) is 89.6 Å². The Morgan fingerprint density at radius 2 is 1.56 bits per heavy atom. The molecule has 2 N–H and O–H groups in total. The van der Waals surface area contributed by atoms with Crippen LogP contribution in [0.2, 0.25) is 0 Å². The molecule has 1 aliphatic heterocycles. The Labute approximate surface area is 199 Å². The predicted octanol–water partition coefficient (Wildman–Crippen LogP) is 3.38. The average Bonchev–Trinajstić information content (AvgIpc) is 2.86. The molecule has 0 bridgehead atoms. The molecule has 0 saturated carbocycles. The third-order valence-electron chi connectivity index (χ3n) is 5.74. The quantitative estimate of drug-likeness (QED) is 0.441. The van der Waals surface area contributed by atoms with Crippen molar-refractivity contribution in [2.45, 2.75) is 19.9 Å². The summed E-state index contributed by atoms with van der Waals surface area (Å²) in [5.41, 5.74) is 4.20. The van der Waals surface area contributed by atoms with E-state index >= 15 is 0 Å². The number of nitrogens with zero attached hydrogens (tertiary/aromatic N) is 6. The number of aryl methyl sites for hydroxylation is 1. The normalized spacial score (nSPS) is 14.1. The van der Waals surface area contributed by atoms with E-state index in [2.05, 4.69) is 64.7 Å². The topological polar surface area (TPSA) is 91.8 Å². The summed E-state index contributed by atoms with van der Waals surface area (Å²) in [7, 11) is 0. The molecule has 1 saturated heterocycles. The molecule has 0 atom stereocenters. The smallest absolute Gasteiger partial charge is 0.180 e. The Morgan fingerprint density at radius 3 is 2.35 bits per heavy atom. The molecule has 4 heterocycles. The zero-order valence-electron chi connectivity index (χ0n) is 19.3. The van der Waals surface area contributed by atoms with Crippen molar-refractivity contribution >= 4 is 11.6 Å². The van der Waals surface area contributed by atoms with Gasteiger partial charge in [-0.2, -0.15) is 0 Å². The third kappa shape index (κ3) is 5.78. The number of aromatic nitrogens is 5. The highest BCUT2D eigenvalue weighted by Gasteiger charge is 2.10. The lowest BCUT2D eigenvalue weighted by atomic mass is 10.1. The van der Waals surface area contributed by atoms with Gasteiger partial charge in [0.2, 0.25) is 0 Å². The molecular weight excluding hydrogens is 424 g/mol. The number of nitrogens with one attached hydrogen (secondary N) is 2. The molecule has 172 valence electrons. The van der Waals surface area contributed by atoms with E-state index in [4.69, 9.17) is 0 Å². The SMILES string of the molecule is Cc1cccc(-c2nccc(Nc3ccnc(Cc4ccc(CN5CCNCC5)cc4)n3)n2)n1. The van der Waals surface area contributed by atoms with Crippen molar-refractivity contribution in [2.75, 3.05) is 31.5 Å². The fourth-order valence-electron chi connectivity index (χ4n) is 3.98. The Hall–Kier alpha value is -3.75. The van der Waals surface area contributed by atoms with E-state index in [-0.39, 0.29) is 0 Å². The minimum absolute atomic E-state index is 0.573. The van der Waals surface area contributed by atoms with Crippen LogP contribution in [0.3, 0.4) is 0 Å². The monoisotopic (exact) mass is 452 g/mol. The Balaban J connectivity index is 1.24. The fourth-order valence-corrected chi connectivity index (χ4v) is 3.98. The zero-order chi connectivity index (χ0) is 23.2. The summed E-state index contributed by atoms with van der Waals surface area (Å²) in [6.07, 6.45) is 4.16. The first-order valence-corrected chi connectivity index (χ1v) is 11.6. The van der Waals surface area contributed by atoms with Gasteiger partial charge in [0, 0.05) is 57.2 Å². The average molecular weight is 453 g/mol. The molecule has 0 amide bonds. The van der Waals surface area contributed by atoms with E-state index in [0.29, 0.717) is 23.9 Å². The maximum Gasteiger partial charge on any atom is 0.180 e. The van der Waals surface area contributed by atoms with E-state index in [9.17, 15) is 0 Å². The third-order valence-corrected chi connectivity index (χ3v) is 5.74. The molecular formula is C26H28N8. The first kappa shape index (κ1) is 22.1. The molecule has 1 aromatic carbocycles. The molecule has 0 unspecified atom stereocenters. The summed E-state index contributed by atoms with van der Waals surface area (Å²) < 4.78 is 0. The van der Waals surface area contributed by atoms with Crippen LogP contribution >= 0.6 is 0 Å². The van der Waals surface area contributed by atoms with Crippen molar-refractivity contribution in [2.24, 2.45) is 0 Å². The summed E-state index contributed by atoms with van der Waals surface area (Å²) in [6, 6.07) is 18.2. The van der Waals surface area contributed by atoms with Crippen LogP contribution in [0.15, 0.2) is 67.0 Å². The largest absolute Gasteiger partial charge is 0.325 e. The van der Waals surface area contributed by atoms with E-state index in [1.54, 1.807) is 12.4 Å². The predicted molar refractivity (Wildman–Crippen MR) is 133 cm³/mol. The number of piperazine rings is 1. The lowest BCUT2D eigenvalue weighted by Gasteiger charge is -2.27. The number of pyridine rings is 1. The van der Waals surface area contributed by atoms with Crippen LogP contribution in [0.1, 0.15) is 22.6 Å². The molecule has 5 rings (SSSR count). The van der Waals surface area contributed by atoms with Gasteiger partial charge in [-0.05, 0) is 42.3 Å². The fraction of sp³-hybridized carbons (Fsp3) is 0.269. The highest BCUT2D eigenvalue weighted by molar-refractivity contribution is 5.56. The number of benzene rings is 1. The van der Waals surface area contributed by atoms with Gasteiger partial charge in [-0.3, -0.25) is 4.90 Å². The second kappa shape index (κ2) is 10.5. The highest BCUT2D eigenvalue weighted by atomic mass is 15.2. The van der Waals surface area contributed by atoms with Crippen LogP contribution in [0.25, 0.3) is 11.5 Å². The number of anilines is 2. The Kier molecular flexibility index (Phi) is 6.78. The van der Waals surface area contributed by atoms with E-state index in [1.165, 1.54) is 11.1 Å². The molecule has 0 aliphatic carbocycles. The maximum absolute atomic E-state index is 4.68. The van der Waals surface area contributed by atoms with Gasteiger partial charge in [-0.15, -0.1) is 0 Å². The molecule has 0 spiro atoms. The standard InChI is InChI=1S/C26H28N8/c1-19-3-2-4-22(30-19)26-29-12-10-24(33-26)31-23-9-11-28-25(32-23)17-20-5-7-21(8-6-20)18-34-15-13-27-14-16-34/h2-12,27H,13-18H2,1H3,(H,28,29,31,32,33). The van der Waals surface area contributed by atoms with Gasteiger partial charge in [0.25, 0.3) is 0 Å². The lowest BCUT2D eigenvalue weighted by molar-refractivity contribution is 0.233. The summed E-state index contributed by atoms with van der Waals surface area (Å²) in [6.45, 7) is 7.29. The molecule has 1 aliphatic rings. The molecule has 8 heteroatoms. The zero-order valence-corrected chi connectivity index (χ0v) is 19.3. The van der Waals surface area contributed by atoms with Gasteiger partial charge >= 0.3 is 0 Å². The number of hydrogen-bond acceptors (Lipinski definition) is 8. The van der Waals surface area contributed by atoms with Crippen LogP contribution in [0, 0.1) is 6.92 Å². The van der Waals surface area contributed by atoms with Gasteiger partial charge in [-0.25, -0.2) is 24.9 Å². The van der Waals surface area contributed by atoms with Crippen LogP contribution in [-0.2, 0) is 13.0 Å². The molecule has 1 fully saturated rings. The molecule has 4 aromatic rings. The summed E-state index contributed by atoms with van der Waals surface area (Å²) in [5, 5.41) is 6.67. The Bertz CT molecular complexity index is 1240. The van der Waals surface area contributed by atoms with Crippen molar-refractivity contribution in [3.8, 4) is 11.5 Å². The first-order valence-electron chi connectivity index (χ1n) is 11.6. The van der Waals surface area contributed by atoms with Gasteiger partial charge in [0.15, 0.2) is 5.82 Å².